The second-order valence-corrected chi connectivity index (χ2v) is 6.90. The summed E-state index contributed by atoms with van der Waals surface area (Å²) < 4.78 is 5.01. The van der Waals surface area contributed by atoms with Crippen LogP contribution in [0.5, 0.6) is 0 Å². The Balaban J connectivity index is 1.98. The molecule has 1 heterocycles. The van der Waals surface area contributed by atoms with Crippen LogP contribution in [0, 0.1) is 0 Å². The first-order valence-corrected chi connectivity index (χ1v) is 9.68. The maximum Gasteiger partial charge on any atom is 0.338 e. The zero-order valence-electron chi connectivity index (χ0n) is 15.6. The maximum absolute atomic E-state index is 13.3. The monoisotopic (exact) mass is 428 g/mol. The number of benzene rings is 2. The summed E-state index contributed by atoms with van der Waals surface area (Å²) in [5, 5.41) is 0.501. The van der Waals surface area contributed by atoms with Crippen LogP contribution in [-0.2, 0) is 11.3 Å². The number of hydrogen-bond donors (Lipinski definition) is 0. The number of amides is 1. The predicted molar refractivity (Wildman–Crippen MR) is 114 cm³/mol. The molecule has 0 radical (unpaired) electrons. The van der Waals surface area contributed by atoms with Gasteiger partial charge in [0.15, 0.2) is 0 Å². The average Bonchev–Trinajstić information content (AvgIpc) is 2.74. The van der Waals surface area contributed by atoms with Crippen molar-refractivity contribution >= 4 is 40.8 Å². The number of rotatable bonds is 6. The number of anilines is 1. The summed E-state index contributed by atoms with van der Waals surface area (Å²) in [6, 6.07) is 15.2. The lowest BCUT2D eigenvalue weighted by Crippen LogP contribution is -2.30. The fraction of sp³-hybridized carbons (Fsp3) is 0.136. The number of ether oxygens (including phenoxy) is 1. The van der Waals surface area contributed by atoms with E-state index in [1.54, 1.807) is 66.7 Å². The van der Waals surface area contributed by atoms with Crippen LogP contribution in [0.25, 0.3) is 0 Å². The van der Waals surface area contributed by atoms with Crippen molar-refractivity contribution in [3.05, 3.63) is 93.7 Å². The number of nitrogens with zero attached hydrogens (tertiary/aromatic N) is 2. The number of hydrogen-bond acceptors (Lipinski definition) is 4. The molecule has 1 amide bonds. The largest absolute Gasteiger partial charge is 0.462 e. The molecule has 148 valence electrons. The lowest BCUT2D eigenvalue weighted by molar-refractivity contribution is 0.0526. The molecule has 2 aromatic carbocycles. The van der Waals surface area contributed by atoms with E-state index >= 15 is 0 Å². The molecule has 0 saturated heterocycles. The first-order valence-electron chi connectivity index (χ1n) is 8.93. The van der Waals surface area contributed by atoms with Gasteiger partial charge in [0, 0.05) is 18.1 Å². The lowest BCUT2D eigenvalue weighted by atomic mass is 10.1. The van der Waals surface area contributed by atoms with Crippen molar-refractivity contribution in [2.24, 2.45) is 0 Å². The first-order chi connectivity index (χ1) is 14.0. The molecular formula is C22H18Cl2N2O3. The molecule has 0 aliphatic carbocycles. The second kappa shape index (κ2) is 9.54. The standard InChI is InChI=1S/C22H18Cl2N2O3/c1-2-29-22(28)16-6-8-17(9-7-16)26(14-15-10-12-25-13-11-15)21(27)18-4-3-5-19(23)20(18)24/h3-13H,2,14H2,1H3. The summed E-state index contributed by atoms with van der Waals surface area (Å²) in [4.78, 5) is 30.8. The van der Waals surface area contributed by atoms with E-state index in [0.717, 1.165) is 5.56 Å². The minimum absolute atomic E-state index is 0.196. The topological polar surface area (TPSA) is 59.5 Å². The highest BCUT2D eigenvalue weighted by molar-refractivity contribution is 6.44. The Bertz CT molecular complexity index is 1010. The SMILES string of the molecule is CCOC(=O)c1ccc(N(Cc2ccncc2)C(=O)c2cccc(Cl)c2Cl)cc1. The van der Waals surface area contributed by atoms with Crippen molar-refractivity contribution in [3.8, 4) is 0 Å². The van der Waals surface area contributed by atoms with E-state index in [1.807, 2.05) is 12.1 Å². The number of carbonyl (C=O) groups is 2. The summed E-state index contributed by atoms with van der Waals surface area (Å²) in [5.74, 6) is -0.720. The van der Waals surface area contributed by atoms with Crippen molar-refractivity contribution in [2.75, 3.05) is 11.5 Å². The molecule has 7 heteroatoms. The van der Waals surface area contributed by atoms with E-state index in [0.29, 0.717) is 35.0 Å². The lowest BCUT2D eigenvalue weighted by Gasteiger charge is -2.24. The Labute approximate surface area is 178 Å². The van der Waals surface area contributed by atoms with E-state index in [9.17, 15) is 9.59 Å². The van der Waals surface area contributed by atoms with Gasteiger partial charge in [0.25, 0.3) is 5.91 Å². The fourth-order valence-electron chi connectivity index (χ4n) is 2.76. The van der Waals surface area contributed by atoms with E-state index in [-0.39, 0.29) is 10.9 Å². The Morgan fingerprint density at radius 1 is 1.00 bits per heavy atom. The van der Waals surface area contributed by atoms with Gasteiger partial charge < -0.3 is 9.64 Å². The summed E-state index contributed by atoms with van der Waals surface area (Å²) >= 11 is 12.4. The highest BCUT2D eigenvalue weighted by Crippen LogP contribution is 2.29. The molecule has 5 nitrogen and oxygen atoms in total. The maximum atomic E-state index is 13.3. The van der Waals surface area contributed by atoms with Crippen LogP contribution >= 0.6 is 23.2 Å². The molecule has 3 rings (SSSR count). The molecule has 1 aromatic heterocycles. The van der Waals surface area contributed by atoms with E-state index < -0.39 is 5.97 Å². The van der Waals surface area contributed by atoms with Crippen LogP contribution in [-0.4, -0.2) is 23.5 Å². The smallest absolute Gasteiger partial charge is 0.338 e. The highest BCUT2D eigenvalue weighted by atomic mass is 35.5. The van der Waals surface area contributed by atoms with Gasteiger partial charge in [0.2, 0.25) is 0 Å². The number of halogens is 2. The normalized spacial score (nSPS) is 10.4. The van der Waals surface area contributed by atoms with E-state index in [2.05, 4.69) is 4.98 Å². The molecule has 0 spiro atoms. The highest BCUT2D eigenvalue weighted by Gasteiger charge is 2.22. The van der Waals surface area contributed by atoms with Crippen molar-refractivity contribution in [1.29, 1.82) is 0 Å². The van der Waals surface area contributed by atoms with Gasteiger partial charge in [-0.1, -0.05) is 29.3 Å². The molecular weight excluding hydrogens is 411 g/mol. The van der Waals surface area contributed by atoms with Gasteiger partial charge in [-0.2, -0.15) is 0 Å². The van der Waals surface area contributed by atoms with E-state index in [1.165, 1.54) is 0 Å². The molecule has 0 N–H and O–H groups in total. The van der Waals surface area contributed by atoms with Crippen LogP contribution in [0.2, 0.25) is 10.0 Å². The van der Waals surface area contributed by atoms with Gasteiger partial charge in [-0.05, 0) is 61.0 Å². The number of esters is 1. The predicted octanol–water partition coefficient (Wildman–Crippen LogP) is 5.41. The van der Waals surface area contributed by atoms with Crippen LogP contribution in [0.4, 0.5) is 5.69 Å². The molecule has 0 aliphatic heterocycles. The van der Waals surface area contributed by atoms with Crippen LogP contribution < -0.4 is 4.90 Å². The average molecular weight is 429 g/mol. The minimum Gasteiger partial charge on any atom is -0.462 e. The summed E-state index contributed by atoms with van der Waals surface area (Å²) in [6.45, 7) is 2.33. The Kier molecular flexibility index (Phi) is 6.86. The van der Waals surface area contributed by atoms with Crippen molar-refractivity contribution in [1.82, 2.24) is 4.98 Å². The molecule has 0 atom stereocenters. The van der Waals surface area contributed by atoms with Gasteiger partial charge in [-0.15, -0.1) is 0 Å². The zero-order chi connectivity index (χ0) is 20.8. The minimum atomic E-state index is -0.413. The van der Waals surface area contributed by atoms with Crippen LogP contribution in [0.3, 0.4) is 0 Å². The molecule has 0 saturated carbocycles. The Morgan fingerprint density at radius 2 is 1.69 bits per heavy atom. The van der Waals surface area contributed by atoms with Crippen molar-refractivity contribution in [3.63, 3.8) is 0 Å². The van der Waals surface area contributed by atoms with Gasteiger partial charge in [-0.3, -0.25) is 9.78 Å². The quantitative estimate of drug-likeness (QED) is 0.492. The van der Waals surface area contributed by atoms with E-state index in [4.69, 9.17) is 27.9 Å². The van der Waals surface area contributed by atoms with Gasteiger partial charge in [0.05, 0.1) is 34.3 Å². The van der Waals surface area contributed by atoms with Crippen LogP contribution in [0.1, 0.15) is 33.2 Å². The number of aromatic nitrogens is 1. The van der Waals surface area contributed by atoms with Gasteiger partial charge in [-0.25, -0.2) is 4.79 Å². The zero-order valence-corrected chi connectivity index (χ0v) is 17.2. The summed E-state index contributed by atoms with van der Waals surface area (Å²) in [6.07, 6.45) is 3.32. The van der Waals surface area contributed by atoms with Gasteiger partial charge in [0.1, 0.15) is 0 Å². The summed E-state index contributed by atoms with van der Waals surface area (Å²) in [5.41, 5.74) is 2.20. The fourth-order valence-corrected chi connectivity index (χ4v) is 3.14. The molecule has 0 bridgehead atoms. The first kappa shape index (κ1) is 20.8. The third kappa shape index (κ3) is 4.94. The molecule has 0 unspecified atom stereocenters. The Hall–Kier alpha value is -2.89. The Morgan fingerprint density at radius 3 is 2.34 bits per heavy atom. The number of pyridine rings is 1. The molecule has 3 aromatic rings. The van der Waals surface area contributed by atoms with Crippen molar-refractivity contribution in [2.45, 2.75) is 13.5 Å². The number of carbonyl (C=O) groups excluding carboxylic acids is 2. The third-order valence-electron chi connectivity index (χ3n) is 4.21. The van der Waals surface area contributed by atoms with Crippen molar-refractivity contribution < 1.29 is 14.3 Å². The van der Waals surface area contributed by atoms with Gasteiger partial charge >= 0.3 is 5.97 Å². The molecule has 0 fully saturated rings. The molecule has 29 heavy (non-hydrogen) atoms. The third-order valence-corrected chi connectivity index (χ3v) is 5.03. The second-order valence-electron chi connectivity index (χ2n) is 6.12. The molecule has 0 aliphatic rings. The summed E-state index contributed by atoms with van der Waals surface area (Å²) in [7, 11) is 0. The van der Waals surface area contributed by atoms with Crippen LogP contribution in [0.15, 0.2) is 67.0 Å².